The summed E-state index contributed by atoms with van der Waals surface area (Å²) < 4.78 is 12.3. The number of nitrogens with zero attached hydrogens (tertiary/aromatic N) is 2. The fraction of sp³-hybridized carbons (Fsp3) is 0.400. The monoisotopic (exact) mass is 356 g/mol. The first-order valence-electron chi connectivity index (χ1n) is 8.78. The molecule has 0 aliphatic carbocycles. The van der Waals surface area contributed by atoms with E-state index < -0.39 is 0 Å². The predicted molar refractivity (Wildman–Crippen MR) is 98.7 cm³/mol. The Morgan fingerprint density at radius 1 is 1.15 bits per heavy atom. The molecule has 1 aromatic carbocycles. The van der Waals surface area contributed by atoms with Gasteiger partial charge in [-0.15, -0.1) is 0 Å². The number of hydrogen-bond acceptors (Lipinski definition) is 4. The molecule has 1 aromatic heterocycles. The lowest BCUT2D eigenvalue weighted by Gasteiger charge is -2.32. The van der Waals surface area contributed by atoms with Gasteiger partial charge in [-0.3, -0.25) is 9.59 Å². The summed E-state index contributed by atoms with van der Waals surface area (Å²) in [6.45, 7) is 1.38. The van der Waals surface area contributed by atoms with Crippen LogP contribution in [-0.2, 0) is 11.8 Å². The lowest BCUT2D eigenvalue weighted by atomic mass is 9.90. The summed E-state index contributed by atoms with van der Waals surface area (Å²) in [4.78, 5) is 26.0. The van der Waals surface area contributed by atoms with Gasteiger partial charge in [0.15, 0.2) is 6.61 Å². The van der Waals surface area contributed by atoms with Crippen LogP contribution in [0.25, 0.3) is 0 Å². The highest BCUT2D eigenvalue weighted by Crippen LogP contribution is 2.27. The average Bonchev–Trinajstić information content (AvgIpc) is 2.68. The Bertz CT molecular complexity index is 823. The summed E-state index contributed by atoms with van der Waals surface area (Å²) >= 11 is 0. The number of ether oxygens (including phenoxy) is 2. The summed E-state index contributed by atoms with van der Waals surface area (Å²) in [5.41, 5.74) is 1.07. The minimum Gasteiger partial charge on any atom is -0.497 e. The van der Waals surface area contributed by atoms with E-state index >= 15 is 0 Å². The molecule has 1 saturated heterocycles. The molecular formula is C20H24N2O4. The van der Waals surface area contributed by atoms with Crippen LogP contribution in [0.3, 0.4) is 0 Å². The molecule has 0 atom stereocenters. The SMILES string of the molecule is COc1cccc(OCC(=O)N2CCC(c3ccn(C)c(=O)c3)CC2)c1. The van der Waals surface area contributed by atoms with E-state index in [1.54, 1.807) is 43.1 Å². The van der Waals surface area contributed by atoms with Gasteiger partial charge in [0.2, 0.25) is 0 Å². The van der Waals surface area contributed by atoms with Crippen LogP contribution in [0.1, 0.15) is 24.3 Å². The van der Waals surface area contributed by atoms with E-state index in [0.29, 0.717) is 30.5 Å². The van der Waals surface area contributed by atoms with E-state index in [1.165, 1.54) is 0 Å². The number of hydrogen-bond donors (Lipinski definition) is 0. The molecule has 3 rings (SSSR count). The topological polar surface area (TPSA) is 60.8 Å². The zero-order valence-corrected chi connectivity index (χ0v) is 15.2. The standard InChI is InChI=1S/C20H24N2O4/c1-21-9-6-16(12-19(21)23)15-7-10-22(11-8-15)20(24)14-26-18-5-3-4-17(13-18)25-2/h3-6,9,12-13,15H,7-8,10-11,14H2,1-2H3. The van der Waals surface area contributed by atoms with Crippen molar-refractivity contribution in [1.29, 1.82) is 0 Å². The normalized spacial score (nSPS) is 14.9. The van der Waals surface area contributed by atoms with Crippen molar-refractivity contribution in [1.82, 2.24) is 9.47 Å². The zero-order chi connectivity index (χ0) is 18.5. The van der Waals surface area contributed by atoms with Crippen molar-refractivity contribution in [3.05, 3.63) is 58.5 Å². The van der Waals surface area contributed by atoms with E-state index in [0.717, 1.165) is 18.4 Å². The Morgan fingerprint density at radius 3 is 2.58 bits per heavy atom. The number of amides is 1. The summed E-state index contributed by atoms with van der Waals surface area (Å²) in [6, 6.07) is 10.9. The van der Waals surface area contributed by atoms with Gasteiger partial charge in [-0.1, -0.05) is 6.07 Å². The van der Waals surface area contributed by atoms with Crippen molar-refractivity contribution in [3.63, 3.8) is 0 Å². The highest BCUT2D eigenvalue weighted by Gasteiger charge is 2.24. The second kappa shape index (κ2) is 8.08. The lowest BCUT2D eigenvalue weighted by molar-refractivity contribution is -0.134. The number of aromatic nitrogens is 1. The fourth-order valence-corrected chi connectivity index (χ4v) is 3.21. The van der Waals surface area contributed by atoms with Crippen molar-refractivity contribution >= 4 is 5.91 Å². The van der Waals surface area contributed by atoms with Crippen LogP contribution >= 0.6 is 0 Å². The fourth-order valence-electron chi connectivity index (χ4n) is 3.21. The molecule has 2 heterocycles. The minimum absolute atomic E-state index is 0.00713. The van der Waals surface area contributed by atoms with Gasteiger partial charge < -0.3 is 18.9 Å². The first-order chi connectivity index (χ1) is 12.6. The van der Waals surface area contributed by atoms with E-state index in [1.807, 2.05) is 23.1 Å². The average molecular weight is 356 g/mol. The number of carbonyl (C=O) groups excluding carboxylic acids is 1. The minimum atomic E-state index is -0.0183. The lowest BCUT2D eigenvalue weighted by Crippen LogP contribution is -2.40. The van der Waals surface area contributed by atoms with E-state index in [4.69, 9.17) is 9.47 Å². The van der Waals surface area contributed by atoms with E-state index in [2.05, 4.69) is 0 Å². The molecule has 1 amide bonds. The Balaban J connectivity index is 1.51. The van der Waals surface area contributed by atoms with Crippen LogP contribution in [-0.4, -0.2) is 42.2 Å². The quantitative estimate of drug-likeness (QED) is 0.824. The molecule has 6 nitrogen and oxygen atoms in total. The molecule has 0 radical (unpaired) electrons. The third-order valence-electron chi connectivity index (χ3n) is 4.85. The van der Waals surface area contributed by atoms with E-state index in [-0.39, 0.29) is 18.1 Å². The zero-order valence-electron chi connectivity index (χ0n) is 15.2. The molecule has 138 valence electrons. The maximum Gasteiger partial charge on any atom is 0.260 e. The first kappa shape index (κ1) is 18.0. The molecule has 1 aliphatic rings. The van der Waals surface area contributed by atoms with E-state index in [9.17, 15) is 9.59 Å². The van der Waals surface area contributed by atoms with Crippen molar-refractivity contribution in [3.8, 4) is 11.5 Å². The van der Waals surface area contributed by atoms with Gasteiger partial charge in [-0.05, 0) is 42.5 Å². The summed E-state index contributed by atoms with van der Waals surface area (Å²) in [7, 11) is 3.34. The second-order valence-corrected chi connectivity index (χ2v) is 6.53. The van der Waals surface area contributed by atoms with Crippen molar-refractivity contribution < 1.29 is 14.3 Å². The maximum atomic E-state index is 12.4. The first-order valence-corrected chi connectivity index (χ1v) is 8.78. The summed E-state index contributed by atoms with van der Waals surface area (Å²) in [6.07, 6.45) is 3.52. The van der Waals surface area contributed by atoms with Gasteiger partial charge >= 0.3 is 0 Å². The highest BCUT2D eigenvalue weighted by atomic mass is 16.5. The third kappa shape index (κ3) is 4.25. The molecule has 1 fully saturated rings. The Hall–Kier alpha value is -2.76. The Kier molecular flexibility index (Phi) is 5.61. The molecule has 1 aliphatic heterocycles. The van der Waals surface area contributed by atoms with Crippen molar-refractivity contribution in [2.75, 3.05) is 26.8 Å². The Morgan fingerprint density at radius 2 is 1.88 bits per heavy atom. The summed E-state index contributed by atoms with van der Waals surface area (Å²) in [5.74, 6) is 1.62. The molecule has 0 N–H and O–H groups in total. The second-order valence-electron chi connectivity index (χ2n) is 6.53. The number of likely N-dealkylation sites (tertiary alicyclic amines) is 1. The van der Waals surface area contributed by atoms with Gasteiger partial charge in [-0.25, -0.2) is 0 Å². The van der Waals surface area contributed by atoms with Crippen LogP contribution in [0.15, 0.2) is 47.4 Å². The number of carbonyl (C=O) groups is 1. The molecule has 2 aromatic rings. The third-order valence-corrected chi connectivity index (χ3v) is 4.85. The molecular weight excluding hydrogens is 332 g/mol. The number of benzene rings is 1. The largest absolute Gasteiger partial charge is 0.497 e. The molecule has 26 heavy (non-hydrogen) atoms. The summed E-state index contributed by atoms with van der Waals surface area (Å²) in [5, 5.41) is 0. The van der Waals surface area contributed by atoms with Crippen LogP contribution < -0.4 is 15.0 Å². The molecule has 0 spiro atoms. The highest BCUT2D eigenvalue weighted by molar-refractivity contribution is 5.77. The van der Waals surface area contributed by atoms with Crippen molar-refractivity contribution in [2.45, 2.75) is 18.8 Å². The molecule has 0 bridgehead atoms. The molecule has 6 heteroatoms. The number of piperidine rings is 1. The van der Waals surface area contributed by atoms with Gasteiger partial charge in [0.05, 0.1) is 7.11 Å². The maximum absolute atomic E-state index is 12.4. The van der Waals surface area contributed by atoms with Gasteiger partial charge in [0.1, 0.15) is 11.5 Å². The van der Waals surface area contributed by atoms with Crippen LogP contribution in [0.5, 0.6) is 11.5 Å². The van der Waals surface area contributed by atoms with Crippen LogP contribution in [0.2, 0.25) is 0 Å². The number of rotatable bonds is 5. The smallest absolute Gasteiger partial charge is 0.260 e. The van der Waals surface area contributed by atoms with Gasteiger partial charge in [0.25, 0.3) is 11.5 Å². The van der Waals surface area contributed by atoms with Gasteiger partial charge in [-0.2, -0.15) is 0 Å². The van der Waals surface area contributed by atoms with Crippen LogP contribution in [0, 0.1) is 0 Å². The van der Waals surface area contributed by atoms with Crippen LogP contribution in [0.4, 0.5) is 0 Å². The van der Waals surface area contributed by atoms with Gasteiger partial charge in [0, 0.05) is 38.5 Å². The number of aryl methyl sites for hydroxylation is 1. The van der Waals surface area contributed by atoms with Crippen molar-refractivity contribution in [2.24, 2.45) is 7.05 Å². The molecule has 0 unspecified atom stereocenters. The Labute approximate surface area is 153 Å². The number of methoxy groups -OCH3 is 1. The molecule has 0 saturated carbocycles. The predicted octanol–water partition coefficient (Wildman–Crippen LogP) is 2.18. The number of pyridine rings is 1.